The number of likely N-dealkylation sites (tertiary alicyclic amines) is 1. The van der Waals surface area contributed by atoms with Gasteiger partial charge < -0.3 is 14.9 Å². The smallest absolute Gasteiger partial charge is 0.123 e. The number of phenols is 1. The minimum absolute atomic E-state index is 0.194. The van der Waals surface area contributed by atoms with Crippen molar-refractivity contribution in [2.45, 2.75) is 25.0 Å². The van der Waals surface area contributed by atoms with Crippen LogP contribution >= 0.6 is 0 Å². The molecule has 2 aromatic carbocycles. The van der Waals surface area contributed by atoms with Gasteiger partial charge in [-0.2, -0.15) is 0 Å². The van der Waals surface area contributed by atoms with E-state index in [4.69, 9.17) is 4.74 Å². The van der Waals surface area contributed by atoms with Crippen LogP contribution < -0.4 is 4.74 Å². The Morgan fingerprint density at radius 1 is 1.00 bits per heavy atom. The maximum atomic E-state index is 13.0. The van der Waals surface area contributed by atoms with Crippen molar-refractivity contribution >= 4 is 0 Å². The molecule has 1 unspecified atom stereocenters. The van der Waals surface area contributed by atoms with Gasteiger partial charge in [-0.15, -0.1) is 0 Å². The van der Waals surface area contributed by atoms with Crippen LogP contribution in [0.4, 0.5) is 4.39 Å². The number of halogens is 1. The van der Waals surface area contributed by atoms with Gasteiger partial charge in [-0.1, -0.05) is 12.1 Å². The summed E-state index contributed by atoms with van der Waals surface area (Å²) < 4.78 is 19.0. The van der Waals surface area contributed by atoms with Crippen molar-refractivity contribution in [1.82, 2.24) is 4.90 Å². The van der Waals surface area contributed by atoms with Crippen molar-refractivity contribution in [1.29, 1.82) is 0 Å². The van der Waals surface area contributed by atoms with Crippen LogP contribution in [0.5, 0.6) is 11.5 Å². The molecule has 5 heteroatoms. The first-order valence-corrected chi connectivity index (χ1v) is 9.18. The highest BCUT2D eigenvalue weighted by molar-refractivity contribution is 5.27. The van der Waals surface area contributed by atoms with Crippen molar-refractivity contribution in [2.75, 3.05) is 19.6 Å². The van der Waals surface area contributed by atoms with Crippen LogP contribution in [0.2, 0.25) is 0 Å². The average molecular weight is 357 g/mol. The maximum absolute atomic E-state index is 13.0. The predicted molar refractivity (Wildman–Crippen MR) is 96.5 cm³/mol. The third-order valence-electron chi connectivity index (χ3n) is 5.61. The zero-order valence-corrected chi connectivity index (χ0v) is 14.6. The molecule has 4 atom stereocenters. The fourth-order valence-electron chi connectivity index (χ4n) is 4.34. The summed E-state index contributed by atoms with van der Waals surface area (Å²) >= 11 is 0. The summed E-state index contributed by atoms with van der Waals surface area (Å²) in [7, 11) is 0. The third-order valence-corrected chi connectivity index (χ3v) is 5.61. The van der Waals surface area contributed by atoms with E-state index >= 15 is 0 Å². The molecule has 2 aromatic rings. The zero-order valence-electron chi connectivity index (χ0n) is 14.6. The zero-order chi connectivity index (χ0) is 18.1. The highest BCUT2D eigenvalue weighted by atomic mass is 19.1. The SMILES string of the molecule is Oc1ccc(C(O)CN2C[C@H]3C[C@@H](Oc4ccc(F)cc4)C[C@H]3C2)cc1. The number of aliphatic hydroxyl groups is 1. The van der Waals surface area contributed by atoms with E-state index in [2.05, 4.69) is 4.90 Å². The van der Waals surface area contributed by atoms with E-state index in [0.29, 0.717) is 18.4 Å². The number of benzene rings is 2. The highest BCUT2D eigenvalue weighted by Crippen LogP contribution is 2.40. The molecule has 2 fully saturated rings. The molecule has 2 N–H and O–H groups in total. The molecule has 4 rings (SSSR count). The first-order valence-electron chi connectivity index (χ1n) is 9.18. The fourth-order valence-corrected chi connectivity index (χ4v) is 4.34. The van der Waals surface area contributed by atoms with E-state index in [1.54, 1.807) is 36.4 Å². The van der Waals surface area contributed by atoms with E-state index in [1.165, 1.54) is 12.1 Å². The minimum atomic E-state index is -0.541. The quantitative estimate of drug-likeness (QED) is 0.862. The molecule has 0 spiro atoms. The minimum Gasteiger partial charge on any atom is -0.508 e. The number of fused-ring (bicyclic) bond motifs is 1. The van der Waals surface area contributed by atoms with Crippen molar-refractivity contribution in [2.24, 2.45) is 11.8 Å². The second-order valence-corrected chi connectivity index (χ2v) is 7.51. The molecule has 1 saturated heterocycles. The molecule has 0 radical (unpaired) electrons. The lowest BCUT2D eigenvalue weighted by Gasteiger charge is -2.22. The second-order valence-electron chi connectivity index (χ2n) is 7.51. The standard InChI is InChI=1S/C21H24FNO3/c22-17-3-7-19(8-4-17)26-20-9-15-11-23(12-16(15)10-20)13-21(25)14-1-5-18(24)6-2-14/h1-8,15-16,20-21,24-25H,9-13H2/t15-,16+,20-,21?. The number of phenolic OH excluding ortho intramolecular Hbond substituents is 1. The summed E-state index contributed by atoms with van der Waals surface area (Å²) in [5.41, 5.74) is 0.831. The molecular formula is C21H24FNO3. The van der Waals surface area contributed by atoms with Gasteiger partial charge in [-0.3, -0.25) is 4.90 Å². The molecular weight excluding hydrogens is 333 g/mol. The number of ether oxygens (including phenoxy) is 1. The summed E-state index contributed by atoms with van der Waals surface area (Å²) in [5, 5.41) is 19.8. The number of aliphatic hydroxyl groups excluding tert-OH is 1. The average Bonchev–Trinajstić information content (AvgIpc) is 3.15. The Balaban J connectivity index is 1.28. The highest BCUT2D eigenvalue weighted by Gasteiger charge is 2.42. The van der Waals surface area contributed by atoms with E-state index < -0.39 is 6.10 Å². The Bertz CT molecular complexity index is 720. The Morgan fingerprint density at radius 3 is 2.23 bits per heavy atom. The number of β-amino-alcohol motifs (C(OH)–C–C–N with tert-alkyl or cyclic N) is 1. The van der Waals surface area contributed by atoms with Gasteiger partial charge in [-0.05, 0) is 66.6 Å². The van der Waals surface area contributed by atoms with Gasteiger partial charge in [0.25, 0.3) is 0 Å². The van der Waals surface area contributed by atoms with Gasteiger partial charge in [0.15, 0.2) is 0 Å². The van der Waals surface area contributed by atoms with E-state index in [9.17, 15) is 14.6 Å². The van der Waals surface area contributed by atoms with Crippen LogP contribution in [0.25, 0.3) is 0 Å². The van der Waals surface area contributed by atoms with Crippen LogP contribution in [0.3, 0.4) is 0 Å². The van der Waals surface area contributed by atoms with Crippen molar-refractivity contribution in [3.63, 3.8) is 0 Å². The molecule has 1 aliphatic heterocycles. The molecule has 1 heterocycles. The molecule has 4 nitrogen and oxygen atoms in total. The van der Waals surface area contributed by atoms with Gasteiger partial charge in [0.2, 0.25) is 0 Å². The summed E-state index contributed by atoms with van der Waals surface area (Å²) in [5.74, 6) is 1.88. The predicted octanol–water partition coefficient (Wildman–Crippen LogP) is 3.35. The van der Waals surface area contributed by atoms with Crippen LogP contribution in [0, 0.1) is 17.7 Å². The normalized spacial score (nSPS) is 26.6. The van der Waals surface area contributed by atoms with Crippen LogP contribution in [0.15, 0.2) is 48.5 Å². The van der Waals surface area contributed by atoms with Crippen LogP contribution in [-0.4, -0.2) is 40.9 Å². The Labute approximate surface area is 152 Å². The number of hydrogen-bond donors (Lipinski definition) is 2. The summed E-state index contributed by atoms with van der Waals surface area (Å²) in [4.78, 5) is 2.32. The Kier molecular flexibility index (Phi) is 4.83. The van der Waals surface area contributed by atoms with E-state index in [-0.39, 0.29) is 17.7 Å². The Hall–Kier alpha value is -2.11. The first kappa shape index (κ1) is 17.3. The van der Waals surface area contributed by atoms with E-state index in [1.807, 2.05) is 0 Å². The monoisotopic (exact) mass is 357 g/mol. The molecule has 138 valence electrons. The van der Waals surface area contributed by atoms with Crippen LogP contribution in [0.1, 0.15) is 24.5 Å². The lowest BCUT2D eigenvalue weighted by atomic mass is 10.0. The van der Waals surface area contributed by atoms with Crippen molar-refractivity contribution in [3.8, 4) is 11.5 Å². The van der Waals surface area contributed by atoms with Crippen LogP contribution in [-0.2, 0) is 0 Å². The lowest BCUT2D eigenvalue weighted by molar-refractivity contribution is 0.116. The molecule has 0 aromatic heterocycles. The maximum Gasteiger partial charge on any atom is 0.123 e. The molecule has 1 aliphatic carbocycles. The first-order chi connectivity index (χ1) is 12.6. The number of hydrogen-bond acceptors (Lipinski definition) is 4. The van der Waals surface area contributed by atoms with Gasteiger partial charge in [0.1, 0.15) is 17.3 Å². The summed E-state index contributed by atoms with van der Waals surface area (Å²) in [6, 6.07) is 13.0. The van der Waals surface area contributed by atoms with Crippen molar-refractivity contribution in [3.05, 3.63) is 59.9 Å². The Morgan fingerprint density at radius 2 is 1.62 bits per heavy atom. The fraction of sp³-hybridized carbons (Fsp3) is 0.429. The second kappa shape index (κ2) is 7.25. The van der Waals surface area contributed by atoms with Gasteiger partial charge in [0.05, 0.1) is 12.2 Å². The topological polar surface area (TPSA) is 52.9 Å². The van der Waals surface area contributed by atoms with Crippen molar-refractivity contribution < 1.29 is 19.3 Å². The molecule has 0 bridgehead atoms. The largest absolute Gasteiger partial charge is 0.508 e. The molecule has 26 heavy (non-hydrogen) atoms. The number of rotatable bonds is 5. The summed E-state index contributed by atoms with van der Waals surface area (Å²) in [6.45, 7) is 2.56. The number of aromatic hydroxyl groups is 1. The van der Waals surface area contributed by atoms with Gasteiger partial charge in [0, 0.05) is 19.6 Å². The molecule has 0 amide bonds. The van der Waals surface area contributed by atoms with E-state index in [0.717, 1.165) is 37.2 Å². The summed E-state index contributed by atoms with van der Waals surface area (Å²) in [6.07, 6.45) is 1.67. The molecule has 2 aliphatic rings. The molecule has 1 saturated carbocycles. The van der Waals surface area contributed by atoms with Gasteiger partial charge in [-0.25, -0.2) is 4.39 Å². The van der Waals surface area contributed by atoms with Gasteiger partial charge >= 0.3 is 0 Å². The number of nitrogens with zero attached hydrogens (tertiary/aromatic N) is 1. The third kappa shape index (κ3) is 3.84. The lowest BCUT2D eigenvalue weighted by Crippen LogP contribution is -2.28.